The summed E-state index contributed by atoms with van der Waals surface area (Å²) < 4.78 is 5.30. The maximum Gasteiger partial charge on any atom is 0.407 e. The van der Waals surface area contributed by atoms with E-state index in [1.54, 1.807) is 49.9 Å². The molecule has 2 aromatic carbocycles. The molecule has 11 heteroatoms. The zero-order valence-corrected chi connectivity index (χ0v) is 24.7. The van der Waals surface area contributed by atoms with Crippen molar-refractivity contribution in [1.29, 1.82) is 0 Å². The molecule has 0 radical (unpaired) electrons. The average Bonchev–Trinajstić information content (AvgIpc) is 3.52. The van der Waals surface area contributed by atoms with E-state index in [4.69, 9.17) is 27.9 Å². The van der Waals surface area contributed by atoms with Gasteiger partial charge in [-0.25, -0.2) is 9.78 Å². The molecule has 0 unspecified atom stereocenters. The summed E-state index contributed by atoms with van der Waals surface area (Å²) in [7, 11) is 0. The number of aromatic nitrogens is 2. The first-order valence-corrected chi connectivity index (χ1v) is 14.2. The number of rotatable bonds is 8. The first-order chi connectivity index (χ1) is 18.9. The number of halogens is 2. The summed E-state index contributed by atoms with van der Waals surface area (Å²) in [6.07, 6.45) is 2.56. The van der Waals surface area contributed by atoms with Gasteiger partial charge < -0.3 is 25.3 Å². The lowest BCUT2D eigenvalue weighted by molar-refractivity contribution is 0.0501. The van der Waals surface area contributed by atoms with Gasteiger partial charge in [0.05, 0.1) is 27.7 Å². The molecule has 1 fully saturated rings. The molecule has 0 spiro atoms. The molecular formula is C29H35Cl2N5O4. The summed E-state index contributed by atoms with van der Waals surface area (Å²) in [5, 5.41) is 6.57. The number of nitrogens with zero attached hydrogens (tertiary/aromatic N) is 2. The third-order valence-corrected chi connectivity index (χ3v) is 7.20. The first-order valence-electron chi connectivity index (χ1n) is 13.5. The van der Waals surface area contributed by atoms with Crippen LogP contribution in [0.15, 0.2) is 36.4 Å². The molecule has 1 aliphatic rings. The Morgan fingerprint density at radius 2 is 1.95 bits per heavy atom. The zero-order chi connectivity index (χ0) is 29.0. The van der Waals surface area contributed by atoms with Crippen LogP contribution in [0, 0.1) is 0 Å². The zero-order valence-electron chi connectivity index (χ0n) is 23.1. The summed E-state index contributed by atoms with van der Waals surface area (Å²) in [5.41, 5.74) is 1.61. The third-order valence-electron chi connectivity index (χ3n) is 6.66. The lowest BCUT2D eigenvalue weighted by Crippen LogP contribution is -2.44. The van der Waals surface area contributed by atoms with Crippen molar-refractivity contribution in [3.05, 3.63) is 63.4 Å². The molecule has 3 aromatic rings. The minimum Gasteiger partial charge on any atom is -0.444 e. The molecule has 4 rings (SSSR count). The van der Waals surface area contributed by atoms with E-state index in [0.717, 1.165) is 30.3 Å². The Labute approximate surface area is 243 Å². The number of alkyl carbamates (subject to hydrolysis) is 1. The van der Waals surface area contributed by atoms with Crippen LogP contribution in [0.1, 0.15) is 86.0 Å². The quantitative estimate of drug-likeness (QED) is 0.287. The molecule has 2 heterocycles. The van der Waals surface area contributed by atoms with Crippen LogP contribution in [0.3, 0.4) is 0 Å². The van der Waals surface area contributed by atoms with Gasteiger partial charge >= 0.3 is 6.09 Å². The Kier molecular flexibility index (Phi) is 9.26. The second kappa shape index (κ2) is 12.5. The van der Waals surface area contributed by atoms with Gasteiger partial charge in [0.25, 0.3) is 11.8 Å². The van der Waals surface area contributed by atoms with Crippen LogP contribution in [-0.4, -0.2) is 57.5 Å². The van der Waals surface area contributed by atoms with E-state index in [0.29, 0.717) is 34.9 Å². The smallest absolute Gasteiger partial charge is 0.407 e. The monoisotopic (exact) mass is 587 g/mol. The van der Waals surface area contributed by atoms with Crippen molar-refractivity contribution >= 4 is 52.1 Å². The number of carbonyl (C=O) groups excluding carboxylic acids is 3. The molecule has 1 aromatic heterocycles. The number of ether oxygens (including phenoxy) is 1. The Morgan fingerprint density at radius 3 is 2.65 bits per heavy atom. The topological polar surface area (TPSA) is 116 Å². The van der Waals surface area contributed by atoms with Crippen LogP contribution < -0.4 is 10.6 Å². The fourth-order valence-corrected chi connectivity index (χ4v) is 5.21. The molecule has 0 bridgehead atoms. The van der Waals surface area contributed by atoms with E-state index < -0.39 is 11.7 Å². The Bertz CT molecular complexity index is 1400. The van der Waals surface area contributed by atoms with E-state index in [1.165, 1.54) is 6.07 Å². The molecule has 2 atom stereocenters. The second-order valence-corrected chi connectivity index (χ2v) is 11.8. The van der Waals surface area contributed by atoms with Gasteiger partial charge in [0.15, 0.2) is 0 Å². The van der Waals surface area contributed by atoms with Crippen molar-refractivity contribution in [1.82, 2.24) is 25.5 Å². The molecule has 214 valence electrons. The molecule has 9 nitrogen and oxygen atoms in total. The maximum absolute atomic E-state index is 13.4. The van der Waals surface area contributed by atoms with Gasteiger partial charge in [0.2, 0.25) is 0 Å². The number of amides is 3. The van der Waals surface area contributed by atoms with Crippen LogP contribution in [0.2, 0.25) is 10.0 Å². The number of nitrogens with one attached hydrogen (secondary N) is 3. The summed E-state index contributed by atoms with van der Waals surface area (Å²) in [6, 6.07) is 9.58. The highest BCUT2D eigenvalue weighted by Gasteiger charge is 2.31. The number of imidazole rings is 1. The number of hydrogen-bond donors (Lipinski definition) is 3. The highest BCUT2D eigenvalue weighted by molar-refractivity contribution is 6.34. The standard InChI is InChI=1S/C29H35Cl2N5O4/c1-5-7-23(25-33-22-12-10-18(30)15-24(22)34-25)35-26(37)17-9-11-20(21(31)14-17)27(38)36-13-6-8-19(36)16-32-28(39)40-29(2,3)4/h9-12,14-15,19,23H,5-8,13,16H2,1-4H3,(H,32,39)(H,33,34)(H,35,37)/t19-,23-/m0/s1. The van der Waals surface area contributed by atoms with Crippen LogP contribution in [-0.2, 0) is 4.74 Å². The molecule has 0 saturated carbocycles. The van der Waals surface area contributed by atoms with Crippen molar-refractivity contribution in [3.63, 3.8) is 0 Å². The van der Waals surface area contributed by atoms with Crippen LogP contribution >= 0.6 is 23.2 Å². The van der Waals surface area contributed by atoms with Gasteiger partial charge in [-0.2, -0.15) is 0 Å². The number of aromatic amines is 1. The average molecular weight is 589 g/mol. The molecule has 3 amide bonds. The van der Waals surface area contributed by atoms with Crippen molar-refractivity contribution < 1.29 is 19.1 Å². The summed E-state index contributed by atoms with van der Waals surface area (Å²) in [5.74, 6) is 0.0825. The largest absolute Gasteiger partial charge is 0.444 e. The van der Waals surface area contributed by atoms with Crippen LogP contribution in [0.5, 0.6) is 0 Å². The second-order valence-electron chi connectivity index (χ2n) is 11.0. The number of benzene rings is 2. The Hall–Kier alpha value is -3.30. The van der Waals surface area contributed by atoms with Gasteiger partial charge in [-0.1, -0.05) is 36.5 Å². The Morgan fingerprint density at radius 1 is 1.18 bits per heavy atom. The number of likely N-dealkylation sites (tertiary alicyclic amines) is 1. The van der Waals surface area contributed by atoms with Gasteiger partial charge in [-0.15, -0.1) is 0 Å². The number of H-pyrrole nitrogens is 1. The lowest BCUT2D eigenvalue weighted by Gasteiger charge is -2.26. The summed E-state index contributed by atoms with van der Waals surface area (Å²) in [6.45, 7) is 8.25. The minimum absolute atomic E-state index is 0.174. The maximum atomic E-state index is 13.4. The van der Waals surface area contributed by atoms with Crippen molar-refractivity contribution in [2.45, 2.75) is 71.1 Å². The molecular weight excluding hydrogens is 553 g/mol. The molecule has 3 N–H and O–H groups in total. The van der Waals surface area contributed by atoms with E-state index in [-0.39, 0.29) is 35.5 Å². The van der Waals surface area contributed by atoms with Crippen LogP contribution in [0.4, 0.5) is 4.79 Å². The fraction of sp³-hybridized carbons (Fsp3) is 0.448. The van der Waals surface area contributed by atoms with Gasteiger partial charge in [-0.05, 0) is 76.4 Å². The molecule has 40 heavy (non-hydrogen) atoms. The van der Waals surface area contributed by atoms with Crippen LogP contribution in [0.25, 0.3) is 11.0 Å². The molecule has 1 saturated heterocycles. The van der Waals surface area contributed by atoms with E-state index >= 15 is 0 Å². The number of hydrogen-bond acceptors (Lipinski definition) is 5. The minimum atomic E-state index is -0.603. The fourth-order valence-electron chi connectivity index (χ4n) is 4.79. The van der Waals surface area contributed by atoms with Gasteiger partial charge in [0, 0.05) is 29.7 Å². The Balaban J connectivity index is 1.43. The third kappa shape index (κ3) is 7.26. The van der Waals surface area contributed by atoms with E-state index in [2.05, 4.69) is 20.6 Å². The molecule has 0 aliphatic carbocycles. The van der Waals surface area contributed by atoms with Crippen molar-refractivity contribution in [2.24, 2.45) is 0 Å². The highest BCUT2D eigenvalue weighted by Crippen LogP contribution is 2.26. The number of carbonyl (C=O) groups is 3. The van der Waals surface area contributed by atoms with Crippen molar-refractivity contribution in [3.8, 4) is 0 Å². The lowest BCUT2D eigenvalue weighted by atomic mass is 10.1. The predicted molar refractivity (Wildman–Crippen MR) is 156 cm³/mol. The first kappa shape index (κ1) is 29.7. The van der Waals surface area contributed by atoms with Crippen molar-refractivity contribution in [2.75, 3.05) is 13.1 Å². The predicted octanol–water partition coefficient (Wildman–Crippen LogP) is 6.27. The molecule has 1 aliphatic heterocycles. The number of fused-ring (bicyclic) bond motifs is 1. The van der Waals surface area contributed by atoms with Gasteiger partial charge in [0.1, 0.15) is 11.4 Å². The van der Waals surface area contributed by atoms with E-state index in [9.17, 15) is 14.4 Å². The summed E-state index contributed by atoms with van der Waals surface area (Å²) >= 11 is 12.6. The van der Waals surface area contributed by atoms with Gasteiger partial charge in [-0.3, -0.25) is 9.59 Å². The summed E-state index contributed by atoms with van der Waals surface area (Å²) in [4.78, 5) is 48.2. The normalized spacial score (nSPS) is 16.1. The highest BCUT2D eigenvalue weighted by atomic mass is 35.5. The van der Waals surface area contributed by atoms with E-state index in [1.807, 2.05) is 13.0 Å². The SMILES string of the molecule is CCC[C@H](NC(=O)c1ccc(C(=O)N2CCC[C@H]2CNC(=O)OC(C)(C)C)c(Cl)c1)c1nc2cc(Cl)ccc2[nH]1.